The zero-order chi connectivity index (χ0) is 20.2. The molecule has 0 saturated heterocycles. The molecule has 0 aliphatic rings. The first-order valence-corrected chi connectivity index (χ1v) is 11.3. The Kier molecular flexibility index (Phi) is 6.09. The van der Waals surface area contributed by atoms with Gasteiger partial charge in [0, 0.05) is 26.9 Å². The van der Waals surface area contributed by atoms with Gasteiger partial charge in [0.1, 0.15) is 0 Å². The smallest absolute Gasteiger partial charge is 0.188 e. The summed E-state index contributed by atoms with van der Waals surface area (Å²) in [6, 6.07) is 22.9. The van der Waals surface area contributed by atoms with Gasteiger partial charge in [-0.15, -0.1) is 11.3 Å². The Morgan fingerprint density at radius 3 is 2.21 bits per heavy atom. The van der Waals surface area contributed by atoms with Crippen molar-refractivity contribution in [3.05, 3.63) is 89.2 Å². The fourth-order valence-electron chi connectivity index (χ4n) is 3.19. The Morgan fingerprint density at radius 2 is 1.55 bits per heavy atom. The number of aliphatic hydroxyl groups is 1. The van der Waals surface area contributed by atoms with Crippen LogP contribution in [0, 0.1) is 13.8 Å². The van der Waals surface area contributed by atoms with Gasteiger partial charge in [-0.05, 0) is 48.2 Å². The van der Waals surface area contributed by atoms with Gasteiger partial charge < -0.3 is 5.11 Å². The van der Waals surface area contributed by atoms with Crippen molar-refractivity contribution < 1.29 is 5.11 Å². The molecule has 2 aromatic heterocycles. The van der Waals surface area contributed by atoms with E-state index in [0.717, 1.165) is 27.9 Å². The highest BCUT2D eigenvalue weighted by molar-refractivity contribution is 7.98. The van der Waals surface area contributed by atoms with Crippen molar-refractivity contribution >= 4 is 23.1 Å². The molecule has 146 valence electrons. The molecule has 4 aromatic rings. The van der Waals surface area contributed by atoms with Gasteiger partial charge in [0.25, 0.3) is 0 Å². The van der Waals surface area contributed by atoms with Crippen molar-refractivity contribution in [3.8, 4) is 20.9 Å². The van der Waals surface area contributed by atoms with E-state index in [9.17, 15) is 5.11 Å². The summed E-state index contributed by atoms with van der Waals surface area (Å²) < 4.78 is 0. The Balaban J connectivity index is 1.69. The van der Waals surface area contributed by atoms with E-state index >= 15 is 0 Å². The number of thioether (sulfide) groups is 1. The highest BCUT2D eigenvalue weighted by atomic mass is 32.2. The van der Waals surface area contributed by atoms with E-state index in [1.54, 1.807) is 23.1 Å². The van der Waals surface area contributed by atoms with Crippen molar-refractivity contribution in [3.63, 3.8) is 0 Å². The zero-order valence-electron chi connectivity index (χ0n) is 16.4. The Morgan fingerprint density at radius 1 is 0.862 bits per heavy atom. The molecule has 0 fully saturated rings. The lowest BCUT2D eigenvalue weighted by Gasteiger charge is -2.06. The van der Waals surface area contributed by atoms with Crippen LogP contribution >= 0.6 is 23.1 Å². The lowest BCUT2D eigenvalue weighted by molar-refractivity contribution is 0.282. The van der Waals surface area contributed by atoms with Crippen LogP contribution in [0.25, 0.3) is 20.9 Å². The first kappa shape index (κ1) is 19.8. The van der Waals surface area contributed by atoms with Gasteiger partial charge in [-0.1, -0.05) is 66.4 Å². The first-order valence-electron chi connectivity index (χ1n) is 9.46. The van der Waals surface area contributed by atoms with Crippen LogP contribution in [0.1, 0.15) is 22.5 Å². The number of rotatable bonds is 6. The van der Waals surface area contributed by atoms with Crippen molar-refractivity contribution in [2.45, 2.75) is 31.4 Å². The molecule has 0 amide bonds. The second kappa shape index (κ2) is 8.91. The molecule has 0 spiro atoms. The average Bonchev–Trinajstić information content (AvgIpc) is 3.17. The van der Waals surface area contributed by atoms with Gasteiger partial charge in [-0.2, -0.15) is 0 Å². The van der Waals surface area contributed by atoms with E-state index < -0.39 is 0 Å². The van der Waals surface area contributed by atoms with Crippen molar-refractivity contribution in [2.24, 2.45) is 0 Å². The average molecular weight is 419 g/mol. The van der Waals surface area contributed by atoms with Crippen LogP contribution in [0.3, 0.4) is 0 Å². The summed E-state index contributed by atoms with van der Waals surface area (Å²) in [6.45, 7) is 4.07. The molecular formula is C24H22N2OS2. The quantitative estimate of drug-likeness (QED) is 0.296. The zero-order valence-corrected chi connectivity index (χ0v) is 18.1. The SMILES string of the molecule is Cc1cc(C)nc(SCc2cc(-c3ccccc3)sc2-c2ccc(CO)cc2)n1. The van der Waals surface area contributed by atoms with E-state index in [2.05, 4.69) is 52.4 Å². The Hall–Kier alpha value is -2.47. The van der Waals surface area contributed by atoms with E-state index in [0.29, 0.717) is 0 Å². The normalized spacial score (nSPS) is 11.0. The number of hydrogen-bond donors (Lipinski definition) is 1. The summed E-state index contributed by atoms with van der Waals surface area (Å²) in [5.74, 6) is 0.809. The molecule has 0 atom stereocenters. The number of benzene rings is 2. The van der Waals surface area contributed by atoms with E-state index in [1.165, 1.54) is 26.4 Å². The summed E-state index contributed by atoms with van der Waals surface area (Å²) in [7, 11) is 0. The molecule has 0 saturated carbocycles. The number of aliphatic hydroxyl groups excluding tert-OH is 1. The summed E-state index contributed by atoms with van der Waals surface area (Å²) in [6.07, 6.45) is 0. The summed E-state index contributed by atoms with van der Waals surface area (Å²) in [5.41, 5.74) is 6.59. The van der Waals surface area contributed by atoms with Crippen molar-refractivity contribution in [1.82, 2.24) is 9.97 Å². The largest absolute Gasteiger partial charge is 0.392 e. The standard InChI is InChI=1S/C24H22N2OS2/c1-16-12-17(2)26-24(25-16)28-15-21-13-22(19-6-4-3-5-7-19)29-23(21)20-10-8-18(14-27)9-11-20/h3-13,27H,14-15H2,1-2H3. The maximum Gasteiger partial charge on any atom is 0.188 e. The van der Waals surface area contributed by atoms with Gasteiger partial charge in [0.05, 0.1) is 6.61 Å². The molecule has 0 aliphatic heterocycles. The Labute approximate surface area is 179 Å². The maximum atomic E-state index is 9.35. The number of nitrogens with zero attached hydrogens (tertiary/aromatic N) is 2. The minimum Gasteiger partial charge on any atom is -0.392 e. The predicted octanol–water partition coefficient (Wildman–Crippen LogP) is 6.27. The summed E-state index contributed by atoms with van der Waals surface area (Å²) >= 11 is 3.48. The number of thiophene rings is 1. The van der Waals surface area contributed by atoms with Crippen LogP contribution in [-0.4, -0.2) is 15.1 Å². The van der Waals surface area contributed by atoms with Gasteiger partial charge in [-0.3, -0.25) is 0 Å². The van der Waals surface area contributed by atoms with E-state index in [4.69, 9.17) is 0 Å². The van der Waals surface area contributed by atoms with Crippen molar-refractivity contribution in [1.29, 1.82) is 0 Å². The number of aryl methyl sites for hydroxylation is 2. The van der Waals surface area contributed by atoms with E-state index in [1.807, 2.05) is 38.1 Å². The third kappa shape index (κ3) is 4.75. The predicted molar refractivity (Wildman–Crippen MR) is 122 cm³/mol. The highest BCUT2D eigenvalue weighted by Crippen LogP contribution is 2.40. The third-order valence-corrected chi connectivity index (χ3v) is 6.76. The molecule has 3 nitrogen and oxygen atoms in total. The second-order valence-corrected chi connectivity index (χ2v) is 8.90. The van der Waals surface area contributed by atoms with Crippen LogP contribution in [0.2, 0.25) is 0 Å². The van der Waals surface area contributed by atoms with Crippen LogP contribution in [0.5, 0.6) is 0 Å². The molecule has 0 radical (unpaired) electrons. The molecule has 2 aromatic carbocycles. The molecule has 5 heteroatoms. The van der Waals surface area contributed by atoms with Gasteiger partial charge in [0.15, 0.2) is 5.16 Å². The van der Waals surface area contributed by atoms with E-state index in [-0.39, 0.29) is 6.61 Å². The number of hydrogen-bond acceptors (Lipinski definition) is 5. The highest BCUT2D eigenvalue weighted by Gasteiger charge is 2.14. The monoisotopic (exact) mass is 418 g/mol. The molecule has 0 bridgehead atoms. The summed E-state index contributed by atoms with van der Waals surface area (Å²) in [5, 5.41) is 10.2. The first-order chi connectivity index (χ1) is 14.1. The molecule has 1 N–H and O–H groups in total. The molecular weight excluding hydrogens is 396 g/mol. The fraction of sp³-hybridized carbons (Fsp3) is 0.167. The van der Waals surface area contributed by atoms with Crippen LogP contribution < -0.4 is 0 Å². The number of aromatic nitrogens is 2. The topological polar surface area (TPSA) is 46.0 Å². The van der Waals surface area contributed by atoms with Gasteiger partial charge >= 0.3 is 0 Å². The summed E-state index contributed by atoms with van der Waals surface area (Å²) in [4.78, 5) is 11.6. The van der Waals surface area contributed by atoms with Gasteiger partial charge in [0.2, 0.25) is 0 Å². The third-order valence-electron chi connectivity index (χ3n) is 4.58. The minimum absolute atomic E-state index is 0.0622. The molecule has 2 heterocycles. The lowest BCUT2D eigenvalue weighted by atomic mass is 10.1. The Bertz CT molecular complexity index is 1090. The van der Waals surface area contributed by atoms with Gasteiger partial charge in [-0.25, -0.2) is 9.97 Å². The molecule has 4 rings (SSSR count). The molecule has 29 heavy (non-hydrogen) atoms. The fourth-order valence-corrected chi connectivity index (χ4v) is 5.40. The minimum atomic E-state index is 0.0622. The van der Waals surface area contributed by atoms with Crippen LogP contribution in [-0.2, 0) is 12.4 Å². The molecule has 0 unspecified atom stereocenters. The maximum absolute atomic E-state index is 9.35. The lowest BCUT2D eigenvalue weighted by Crippen LogP contribution is -1.93. The van der Waals surface area contributed by atoms with Crippen LogP contribution in [0.15, 0.2) is 71.9 Å². The molecule has 0 aliphatic carbocycles. The van der Waals surface area contributed by atoms with Crippen LogP contribution in [0.4, 0.5) is 0 Å². The second-order valence-electron chi connectivity index (χ2n) is 6.91. The van der Waals surface area contributed by atoms with Crippen molar-refractivity contribution in [2.75, 3.05) is 0 Å².